The monoisotopic (exact) mass is 504 g/mol. The van der Waals surface area contributed by atoms with Crippen LogP contribution >= 0.6 is 0 Å². The van der Waals surface area contributed by atoms with Crippen LogP contribution in [0.25, 0.3) is 22.8 Å². The minimum absolute atomic E-state index is 0.0496. The number of rotatable bonds is 3. The molecule has 0 saturated carbocycles. The number of aliphatic imine (C=N–C) groups is 1. The Labute approximate surface area is 225 Å². The van der Waals surface area contributed by atoms with Crippen molar-refractivity contribution in [3.63, 3.8) is 0 Å². The fourth-order valence-corrected chi connectivity index (χ4v) is 6.87. The zero-order valence-electron chi connectivity index (χ0n) is 21.1. The molecule has 3 aliphatic carbocycles. The quantitative estimate of drug-likeness (QED) is 0.483. The van der Waals surface area contributed by atoms with Crippen LogP contribution in [0.4, 0.5) is 5.95 Å². The zero-order valence-corrected chi connectivity index (χ0v) is 21.1. The Balaban J connectivity index is 1.32. The van der Waals surface area contributed by atoms with E-state index in [0.29, 0.717) is 5.82 Å². The molecule has 9 rings (SSSR count). The summed E-state index contributed by atoms with van der Waals surface area (Å²) in [5, 5.41) is 0. The van der Waals surface area contributed by atoms with E-state index in [1.807, 2.05) is 36.4 Å². The molecule has 0 bridgehead atoms. The molecule has 6 nitrogen and oxygen atoms in total. The van der Waals surface area contributed by atoms with Crippen molar-refractivity contribution in [1.29, 1.82) is 0 Å². The number of fused-ring (bicyclic) bond motifs is 1. The smallest absolute Gasteiger partial charge is 0.259 e. The lowest BCUT2D eigenvalue weighted by Crippen LogP contribution is -2.60. The van der Waals surface area contributed by atoms with Crippen molar-refractivity contribution in [2.75, 3.05) is 0 Å². The second kappa shape index (κ2) is 7.85. The van der Waals surface area contributed by atoms with Crippen molar-refractivity contribution in [3.8, 4) is 22.8 Å². The van der Waals surface area contributed by atoms with Crippen molar-refractivity contribution in [1.82, 2.24) is 14.9 Å². The molecule has 0 amide bonds. The summed E-state index contributed by atoms with van der Waals surface area (Å²) in [4.78, 5) is 21.6. The van der Waals surface area contributed by atoms with Gasteiger partial charge in [0.15, 0.2) is 11.4 Å². The molecule has 0 spiro atoms. The van der Waals surface area contributed by atoms with Gasteiger partial charge in [-0.2, -0.15) is 0 Å². The van der Waals surface area contributed by atoms with Gasteiger partial charge in [0.1, 0.15) is 12.1 Å². The summed E-state index contributed by atoms with van der Waals surface area (Å²) < 4.78 is 2.34. The standard InChI is InChI=1S/C33H23N6/c1-3-10-20(11-4-1)31-35-32(21-12-5-2-6-13-21)37-33(36-31)38-26-18-8-15-23-22-14-7-16-24-28(22)39(29(23)26)30-25(34-24)17-9-19-27(30)38/h1-7,9-19,28-30H,8H2/q+1/p+1. The van der Waals surface area contributed by atoms with Crippen LogP contribution in [-0.2, 0) is 0 Å². The first-order valence-electron chi connectivity index (χ1n) is 13.5. The molecule has 3 aromatic rings. The fraction of sp³-hybridized carbons (Fsp3) is 0.121. The molecule has 3 aliphatic heterocycles. The SMILES string of the molecule is C1=CC2=NC3=CC=CC4=[N+](c5nc(-c6ccccc6)nc(-c6ccccc6)[nH+]5)C5=CCC=C6C(=C1)C2N(C65)C34. The molecular weight excluding hydrogens is 480 g/mol. The van der Waals surface area contributed by atoms with E-state index in [0.717, 1.165) is 40.7 Å². The van der Waals surface area contributed by atoms with E-state index in [2.05, 4.69) is 87.3 Å². The highest BCUT2D eigenvalue weighted by atomic mass is 15.4. The number of nitrogens with zero attached hydrogens (tertiary/aromatic N) is 5. The van der Waals surface area contributed by atoms with Crippen LogP contribution in [0.1, 0.15) is 6.42 Å². The highest BCUT2D eigenvalue weighted by Crippen LogP contribution is 2.50. The minimum atomic E-state index is 0.0496. The third-order valence-electron chi connectivity index (χ3n) is 8.40. The van der Waals surface area contributed by atoms with Gasteiger partial charge in [0, 0.05) is 0 Å². The zero-order chi connectivity index (χ0) is 25.5. The molecule has 2 aromatic carbocycles. The van der Waals surface area contributed by atoms with Crippen molar-refractivity contribution in [3.05, 3.63) is 132 Å². The van der Waals surface area contributed by atoms with E-state index in [1.54, 1.807) is 0 Å². The first-order valence-corrected chi connectivity index (χ1v) is 13.5. The molecule has 6 aliphatic rings. The Morgan fingerprint density at radius 1 is 0.769 bits per heavy atom. The van der Waals surface area contributed by atoms with E-state index >= 15 is 0 Å². The molecular formula is C33H24N6+2. The predicted molar refractivity (Wildman–Crippen MR) is 150 cm³/mol. The van der Waals surface area contributed by atoms with Gasteiger partial charge in [-0.25, -0.2) is 0 Å². The van der Waals surface area contributed by atoms with Crippen LogP contribution in [0, 0.1) is 0 Å². The van der Waals surface area contributed by atoms with E-state index in [9.17, 15) is 0 Å². The topological polar surface area (TPSA) is 58.5 Å². The number of hydrogen-bond donors (Lipinski definition) is 0. The summed E-state index contributed by atoms with van der Waals surface area (Å²) >= 11 is 0. The number of aromatic amines is 1. The highest BCUT2D eigenvalue weighted by Gasteiger charge is 2.60. The Hall–Kier alpha value is -4.81. The lowest BCUT2D eigenvalue weighted by Gasteiger charge is -2.44. The van der Waals surface area contributed by atoms with Gasteiger partial charge in [-0.1, -0.05) is 60.7 Å². The van der Waals surface area contributed by atoms with Gasteiger partial charge in [-0.3, -0.25) is 9.89 Å². The predicted octanol–water partition coefficient (Wildman–Crippen LogP) is 4.76. The molecule has 0 radical (unpaired) electrons. The number of hydrogen-bond acceptors (Lipinski definition) is 4. The molecule has 4 heterocycles. The van der Waals surface area contributed by atoms with Crippen molar-refractivity contribution in [2.24, 2.45) is 4.99 Å². The van der Waals surface area contributed by atoms with Gasteiger partial charge in [0.25, 0.3) is 5.82 Å². The summed E-state index contributed by atoms with van der Waals surface area (Å²) in [7, 11) is 0. The normalized spacial score (nSPS) is 25.4. The molecule has 1 aromatic heterocycles. The third kappa shape index (κ3) is 2.92. The van der Waals surface area contributed by atoms with Crippen molar-refractivity contribution in [2.45, 2.75) is 24.5 Å². The molecule has 6 heteroatoms. The number of nitrogens with one attached hydrogen (secondary N) is 1. The molecule has 184 valence electrons. The molecule has 39 heavy (non-hydrogen) atoms. The van der Waals surface area contributed by atoms with Crippen LogP contribution in [-0.4, -0.2) is 49.0 Å². The van der Waals surface area contributed by atoms with E-state index in [-0.39, 0.29) is 18.1 Å². The molecule has 1 fully saturated rings. The molecule has 3 unspecified atom stereocenters. The number of allylic oxidation sites excluding steroid dienone is 6. The lowest BCUT2D eigenvalue weighted by molar-refractivity contribution is -0.534. The van der Waals surface area contributed by atoms with E-state index < -0.39 is 0 Å². The fourth-order valence-electron chi connectivity index (χ4n) is 6.87. The first kappa shape index (κ1) is 21.2. The molecule has 3 atom stereocenters. The number of benzene rings is 2. The average molecular weight is 505 g/mol. The van der Waals surface area contributed by atoms with Crippen LogP contribution in [0.15, 0.2) is 137 Å². The van der Waals surface area contributed by atoms with Gasteiger partial charge in [-0.15, -0.1) is 14.5 Å². The summed E-state index contributed by atoms with van der Waals surface area (Å²) in [6, 6.07) is 20.9. The second-order valence-electron chi connectivity index (χ2n) is 10.5. The summed E-state index contributed by atoms with van der Waals surface area (Å²) in [5.74, 6) is 2.26. The maximum atomic E-state index is 5.18. The van der Waals surface area contributed by atoms with Crippen LogP contribution in [0.5, 0.6) is 0 Å². The summed E-state index contributed by atoms with van der Waals surface area (Å²) in [5.41, 5.74) is 9.42. The van der Waals surface area contributed by atoms with E-state index in [1.165, 1.54) is 22.6 Å². The summed E-state index contributed by atoms with van der Waals surface area (Å²) in [6.07, 6.45) is 18.8. The van der Waals surface area contributed by atoms with Gasteiger partial charge in [-0.05, 0) is 66.1 Å². The van der Waals surface area contributed by atoms with Gasteiger partial charge < -0.3 is 0 Å². The minimum Gasteiger partial charge on any atom is -0.259 e. The van der Waals surface area contributed by atoms with Gasteiger partial charge in [0.05, 0.1) is 33.6 Å². The Morgan fingerprint density at radius 3 is 2.41 bits per heavy atom. The van der Waals surface area contributed by atoms with Gasteiger partial charge in [0.2, 0.25) is 0 Å². The lowest BCUT2D eigenvalue weighted by atomic mass is 9.89. The van der Waals surface area contributed by atoms with E-state index in [4.69, 9.17) is 15.0 Å². The van der Waals surface area contributed by atoms with Crippen LogP contribution in [0.2, 0.25) is 0 Å². The second-order valence-corrected chi connectivity index (χ2v) is 10.5. The maximum Gasteiger partial charge on any atom is 0.589 e. The van der Waals surface area contributed by atoms with Crippen LogP contribution < -0.4 is 4.98 Å². The van der Waals surface area contributed by atoms with Crippen LogP contribution in [0.3, 0.4) is 0 Å². The largest absolute Gasteiger partial charge is 0.589 e. The first-order chi connectivity index (χ1) is 19.3. The number of aromatic nitrogens is 3. The molecule has 1 saturated heterocycles. The Bertz CT molecular complexity index is 1780. The third-order valence-corrected chi connectivity index (χ3v) is 8.40. The Morgan fingerprint density at radius 2 is 1.56 bits per heavy atom. The van der Waals surface area contributed by atoms with Crippen molar-refractivity contribution >= 4 is 17.4 Å². The highest BCUT2D eigenvalue weighted by molar-refractivity contribution is 6.10. The number of H-pyrrole nitrogens is 1. The average Bonchev–Trinajstić information content (AvgIpc) is 3.35. The molecule has 1 N–H and O–H groups in total. The van der Waals surface area contributed by atoms with Crippen molar-refractivity contribution < 1.29 is 9.56 Å². The maximum absolute atomic E-state index is 5.18. The Kier molecular flexibility index (Phi) is 4.26. The summed E-state index contributed by atoms with van der Waals surface area (Å²) in [6.45, 7) is 0. The van der Waals surface area contributed by atoms with Gasteiger partial charge >= 0.3 is 11.8 Å².